The number of esters is 1. The van der Waals surface area contributed by atoms with Crippen LogP contribution in [0.1, 0.15) is 47.9 Å². The van der Waals surface area contributed by atoms with Gasteiger partial charge in [0.1, 0.15) is 11.9 Å². The van der Waals surface area contributed by atoms with Gasteiger partial charge in [-0.05, 0) is 49.3 Å². The number of carbonyl (C=O) groups is 1. The second-order valence-electron chi connectivity index (χ2n) is 6.46. The number of fused-ring (bicyclic) bond motifs is 2. The van der Waals surface area contributed by atoms with E-state index in [-0.39, 0.29) is 11.7 Å². The first-order valence-corrected chi connectivity index (χ1v) is 8.40. The molecule has 2 aromatic heterocycles. The van der Waals surface area contributed by atoms with Crippen LogP contribution < -0.4 is 5.69 Å². The molecule has 24 heavy (non-hydrogen) atoms. The molecule has 2 aliphatic rings. The summed E-state index contributed by atoms with van der Waals surface area (Å²) < 4.78 is 7.74. The van der Waals surface area contributed by atoms with Crippen LogP contribution in [0.5, 0.6) is 0 Å². The molecule has 0 bridgehead atoms. The lowest BCUT2D eigenvalue weighted by Gasteiger charge is -2.20. The lowest BCUT2D eigenvalue weighted by molar-refractivity contribution is -0.145. The number of pyridine rings is 1. The van der Waals surface area contributed by atoms with E-state index in [1.807, 2.05) is 6.20 Å². The third kappa shape index (κ3) is 2.44. The highest BCUT2D eigenvalue weighted by Crippen LogP contribution is 2.24. The second-order valence-corrected chi connectivity index (χ2v) is 6.46. The van der Waals surface area contributed by atoms with Crippen LogP contribution in [0.3, 0.4) is 0 Å². The summed E-state index contributed by atoms with van der Waals surface area (Å²) in [6.07, 6.45) is 7.38. The molecule has 1 unspecified atom stereocenters. The van der Waals surface area contributed by atoms with Crippen LogP contribution in [0.2, 0.25) is 0 Å². The zero-order valence-corrected chi connectivity index (χ0v) is 13.7. The Balaban J connectivity index is 1.67. The molecular weight excluding hydrogens is 308 g/mol. The third-order valence-electron chi connectivity index (χ3n) is 4.95. The maximum absolute atomic E-state index is 12.7. The molecule has 7 heteroatoms. The Morgan fingerprint density at radius 2 is 2.12 bits per heavy atom. The molecule has 0 spiro atoms. The summed E-state index contributed by atoms with van der Waals surface area (Å²) in [5, 5.41) is 4.43. The van der Waals surface area contributed by atoms with Crippen molar-refractivity contribution >= 4 is 5.97 Å². The quantitative estimate of drug-likeness (QED) is 0.786. The maximum atomic E-state index is 12.7. The molecule has 1 aliphatic carbocycles. The maximum Gasteiger partial charge on any atom is 0.347 e. The van der Waals surface area contributed by atoms with E-state index >= 15 is 0 Å². The molecule has 4 rings (SSSR count). The zero-order valence-electron chi connectivity index (χ0n) is 13.7. The van der Waals surface area contributed by atoms with Crippen molar-refractivity contribution in [2.24, 2.45) is 0 Å². The number of aryl methyl sites for hydroxylation is 3. The average Bonchev–Trinajstić information content (AvgIpc) is 3.19. The number of methoxy groups -OCH3 is 1. The van der Waals surface area contributed by atoms with Crippen molar-refractivity contribution in [1.29, 1.82) is 0 Å². The summed E-state index contributed by atoms with van der Waals surface area (Å²) in [6.45, 7) is 0.333. The predicted molar refractivity (Wildman–Crippen MR) is 85.8 cm³/mol. The molecule has 0 saturated carbocycles. The average molecular weight is 328 g/mol. The van der Waals surface area contributed by atoms with Gasteiger partial charge in [-0.25, -0.2) is 14.3 Å². The minimum absolute atomic E-state index is 0.262. The summed E-state index contributed by atoms with van der Waals surface area (Å²) in [7, 11) is 1.35. The number of aromatic nitrogens is 4. The fraction of sp³-hybridized carbons (Fsp3) is 0.529. The molecule has 2 aromatic rings. The highest BCUT2D eigenvalue weighted by atomic mass is 16.5. The molecule has 0 radical (unpaired) electrons. The summed E-state index contributed by atoms with van der Waals surface area (Å²) >= 11 is 0. The Bertz CT molecular complexity index is 852. The first-order valence-electron chi connectivity index (χ1n) is 8.40. The van der Waals surface area contributed by atoms with Crippen molar-refractivity contribution in [3.63, 3.8) is 0 Å². The summed E-state index contributed by atoms with van der Waals surface area (Å²) in [6, 6.07) is 1.51. The highest BCUT2D eigenvalue weighted by molar-refractivity contribution is 5.74. The predicted octanol–water partition coefficient (Wildman–Crippen LogP) is 1.03. The first kappa shape index (κ1) is 15.1. The molecule has 0 saturated heterocycles. The van der Waals surface area contributed by atoms with Gasteiger partial charge in [-0.1, -0.05) is 0 Å². The Morgan fingerprint density at radius 3 is 2.96 bits per heavy atom. The fourth-order valence-corrected chi connectivity index (χ4v) is 3.74. The van der Waals surface area contributed by atoms with Gasteiger partial charge in [-0.2, -0.15) is 5.10 Å². The summed E-state index contributed by atoms with van der Waals surface area (Å²) in [5.41, 5.74) is 3.20. The smallest absolute Gasteiger partial charge is 0.347 e. The van der Waals surface area contributed by atoms with E-state index in [1.54, 1.807) is 0 Å². The molecule has 0 fully saturated rings. The minimum Gasteiger partial charge on any atom is -0.467 e. The van der Waals surface area contributed by atoms with Gasteiger partial charge >= 0.3 is 11.7 Å². The summed E-state index contributed by atoms with van der Waals surface area (Å²) in [5.74, 6) is 0.274. The Labute approximate surface area is 139 Å². The topological polar surface area (TPSA) is 79.0 Å². The van der Waals surface area contributed by atoms with E-state index in [2.05, 4.69) is 16.1 Å². The molecule has 126 valence electrons. The molecule has 0 N–H and O–H groups in total. The summed E-state index contributed by atoms with van der Waals surface area (Å²) in [4.78, 5) is 29.1. The molecule has 3 heterocycles. The molecule has 0 aromatic carbocycles. The SMILES string of the molecule is COC(=O)C1CCCc2nn(Cc3cc4c(cn3)CCC4)c(=O)n21. The normalized spacial score (nSPS) is 19.0. The van der Waals surface area contributed by atoms with Crippen molar-refractivity contribution in [2.75, 3.05) is 7.11 Å². The van der Waals surface area contributed by atoms with Gasteiger partial charge in [0.15, 0.2) is 0 Å². The van der Waals surface area contributed by atoms with Crippen molar-refractivity contribution in [3.8, 4) is 0 Å². The highest BCUT2D eigenvalue weighted by Gasteiger charge is 2.31. The molecule has 1 atom stereocenters. The van der Waals surface area contributed by atoms with Crippen LogP contribution in [0.25, 0.3) is 0 Å². The fourth-order valence-electron chi connectivity index (χ4n) is 3.74. The van der Waals surface area contributed by atoms with Crippen molar-refractivity contribution in [2.45, 2.75) is 51.1 Å². The number of nitrogens with zero attached hydrogens (tertiary/aromatic N) is 4. The van der Waals surface area contributed by atoms with Crippen LogP contribution in [-0.2, 0) is 35.3 Å². The molecular formula is C17H20N4O3. The monoisotopic (exact) mass is 328 g/mol. The van der Waals surface area contributed by atoms with Gasteiger partial charge in [-0.15, -0.1) is 0 Å². The number of hydrogen-bond donors (Lipinski definition) is 0. The van der Waals surface area contributed by atoms with Crippen LogP contribution in [-0.4, -0.2) is 32.4 Å². The lowest BCUT2D eigenvalue weighted by atomic mass is 10.1. The number of rotatable bonds is 3. The Morgan fingerprint density at radius 1 is 1.29 bits per heavy atom. The molecule has 1 aliphatic heterocycles. The first-order chi connectivity index (χ1) is 11.7. The van der Waals surface area contributed by atoms with Gasteiger partial charge in [0.25, 0.3) is 0 Å². The number of hydrogen-bond acceptors (Lipinski definition) is 5. The zero-order chi connectivity index (χ0) is 16.7. The van der Waals surface area contributed by atoms with Crippen molar-refractivity contribution < 1.29 is 9.53 Å². The van der Waals surface area contributed by atoms with E-state index in [1.165, 1.54) is 33.9 Å². The van der Waals surface area contributed by atoms with E-state index in [0.717, 1.165) is 25.0 Å². The largest absolute Gasteiger partial charge is 0.467 e. The minimum atomic E-state index is -0.562. The van der Waals surface area contributed by atoms with Crippen molar-refractivity contribution in [1.82, 2.24) is 19.3 Å². The van der Waals surface area contributed by atoms with Crippen LogP contribution in [0.15, 0.2) is 17.1 Å². The van der Waals surface area contributed by atoms with E-state index in [0.29, 0.717) is 25.2 Å². The van der Waals surface area contributed by atoms with Crippen LogP contribution >= 0.6 is 0 Å². The van der Waals surface area contributed by atoms with Gasteiger partial charge in [0, 0.05) is 12.6 Å². The molecule has 0 amide bonds. The molecule has 7 nitrogen and oxygen atoms in total. The van der Waals surface area contributed by atoms with Gasteiger partial charge in [0.05, 0.1) is 19.3 Å². The van der Waals surface area contributed by atoms with E-state index in [4.69, 9.17) is 4.74 Å². The Hall–Kier alpha value is -2.44. The second kappa shape index (κ2) is 5.89. The number of ether oxygens (including phenoxy) is 1. The number of carbonyl (C=O) groups excluding carboxylic acids is 1. The third-order valence-corrected chi connectivity index (χ3v) is 4.95. The van der Waals surface area contributed by atoms with E-state index in [9.17, 15) is 9.59 Å². The van der Waals surface area contributed by atoms with Crippen LogP contribution in [0, 0.1) is 0 Å². The van der Waals surface area contributed by atoms with Gasteiger partial charge < -0.3 is 4.74 Å². The van der Waals surface area contributed by atoms with Gasteiger partial charge in [0.2, 0.25) is 0 Å². The standard InChI is InChI=1S/C17H20N4O3/c1-24-16(22)14-6-3-7-15-19-20(17(23)21(14)15)10-13-8-11-4-2-5-12(11)9-18-13/h8-9,14H,2-7,10H2,1H3. The van der Waals surface area contributed by atoms with E-state index < -0.39 is 6.04 Å². The van der Waals surface area contributed by atoms with Crippen LogP contribution in [0.4, 0.5) is 0 Å². The lowest BCUT2D eigenvalue weighted by Crippen LogP contribution is -2.35. The van der Waals surface area contributed by atoms with Gasteiger partial charge in [-0.3, -0.25) is 9.55 Å². The van der Waals surface area contributed by atoms with Crippen molar-refractivity contribution in [3.05, 3.63) is 45.4 Å². The Kier molecular flexibility index (Phi) is 3.70.